The van der Waals surface area contributed by atoms with E-state index in [1.165, 1.54) is 32.1 Å². The fourth-order valence-electron chi connectivity index (χ4n) is 3.93. The van der Waals surface area contributed by atoms with Gasteiger partial charge in [-0.25, -0.2) is 0 Å². The number of amides is 1. The minimum absolute atomic E-state index is 0. The highest BCUT2D eigenvalue weighted by Crippen LogP contribution is 2.32. The number of ether oxygens (including phenoxy) is 1. The Labute approximate surface area is 161 Å². The minimum Gasteiger partial charge on any atom is -0.492 e. The highest BCUT2D eigenvalue weighted by atomic mass is 35.5. The van der Waals surface area contributed by atoms with Crippen molar-refractivity contribution in [2.75, 3.05) is 19.7 Å². The van der Waals surface area contributed by atoms with Crippen LogP contribution in [0, 0.1) is 5.92 Å². The van der Waals surface area contributed by atoms with Crippen molar-refractivity contribution < 1.29 is 9.53 Å². The van der Waals surface area contributed by atoms with Crippen molar-refractivity contribution in [2.24, 2.45) is 11.7 Å². The van der Waals surface area contributed by atoms with Gasteiger partial charge in [-0.1, -0.05) is 36.9 Å². The zero-order valence-electron chi connectivity index (χ0n) is 14.6. The fourth-order valence-corrected chi connectivity index (χ4v) is 4.18. The molecule has 1 aliphatic heterocycles. The molecule has 1 aromatic rings. The highest BCUT2D eigenvalue weighted by Gasteiger charge is 2.36. The van der Waals surface area contributed by atoms with Crippen LogP contribution in [0.2, 0.25) is 5.02 Å². The van der Waals surface area contributed by atoms with Gasteiger partial charge in [0.15, 0.2) is 0 Å². The number of hydrogen-bond donors (Lipinski definition) is 1. The topological polar surface area (TPSA) is 55.6 Å². The standard InChI is InChI=1S/C19H27ClN2O2.ClH/c20-18-13-17(24-11-9-21)7-6-14(18)12-15-8-10-22(19(15)23)16-4-2-1-3-5-16;/h6-7,13,15-16H,1-5,8-12,21H2;1H. The number of likely N-dealkylation sites (tertiary alicyclic amines) is 1. The van der Waals surface area contributed by atoms with Gasteiger partial charge in [-0.05, 0) is 43.4 Å². The van der Waals surface area contributed by atoms with E-state index in [-0.39, 0.29) is 18.3 Å². The molecule has 2 fully saturated rings. The van der Waals surface area contributed by atoms with Crippen molar-refractivity contribution in [1.29, 1.82) is 0 Å². The van der Waals surface area contributed by atoms with E-state index in [0.717, 1.165) is 30.7 Å². The molecule has 140 valence electrons. The van der Waals surface area contributed by atoms with Crippen LogP contribution in [-0.4, -0.2) is 36.5 Å². The van der Waals surface area contributed by atoms with Crippen LogP contribution in [0.5, 0.6) is 5.75 Å². The molecule has 2 aliphatic rings. The predicted molar refractivity (Wildman–Crippen MR) is 104 cm³/mol. The smallest absolute Gasteiger partial charge is 0.226 e. The van der Waals surface area contributed by atoms with Crippen molar-refractivity contribution in [3.63, 3.8) is 0 Å². The Morgan fingerprint density at radius 2 is 1.96 bits per heavy atom. The number of hydrogen-bond acceptors (Lipinski definition) is 3. The molecule has 25 heavy (non-hydrogen) atoms. The molecule has 0 radical (unpaired) electrons. The molecule has 3 rings (SSSR count). The molecular weight excluding hydrogens is 359 g/mol. The maximum Gasteiger partial charge on any atom is 0.226 e. The zero-order chi connectivity index (χ0) is 16.9. The summed E-state index contributed by atoms with van der Waals surface area (Å²) in [5.74, 6) is 1.12. The molecule has 1 heterocycles. The third kappa shape index (κ3) is 5.02. The number of carbonyl (C=O) groups is 1. The van der Waals surface area contributed by atoms with Crippen molar-refractivity contribution in [1.82, 2.24) is 4.90 Å². The van der Waals surface area contributed by atoms with Gasteiger partial charge in [0, 0.05) is 30.1 Å². The van der Waals surface area contributed by atoms with Gasteiger partial charge in [-0.3, -0.25) is 4.79 Å². The van der Waals surface area contributed by atoms with Gasteiger partial charge in [0.25, 0.3) is 0 Å². The molecule has 0 aromatic heterocycles. The lowest BCUT2D eigenvalue weighted by Gasteiger charge is -2.31. The quantitative estimate of drug-likeness (QED) is 0.807. The van der Waals surface area contributed by atoms with E-state index in [2.05, 4.69) is 4.90 Å². The van der Waals surface area contributed by atoms with Gasteiger partial charge in [-0.15, -0.1) is 12.4 Å². The third-order valence-corrected chi connectivity index (χ3v) is 5.60. The van der Waals surface area contributed by atoms with Gasteiger partial charge in [0.05, 0.1) is 0 Å². The summed E-state index contributed by atoms with van der Waals surface area (Å²) in [6, 6.07) is 6.18. The molecule has 1 aliphatic carbocycles. The lowest BCUT2D eigenvalue weighted by atomic mass is 9.94. The summed E-state index contributed by atoms with van der Waals surface area (Å²) in [7, 11) is 0. The average Bonchev–Trinajstić information content (AvgIpc) is 2.96. The van der Waals surface area contributed by atoms with Crippen molar-refractivity contribution in [3.05, 3.63) is 28.8 Å². The Morgan fingerprint density at radius 1 is 1.20 bits per heavy atom. The van der Waals surface area contributed by atoms with E-state index in [9.17, 15) is 4.79 Å². The van der Waals surface area contributed by atoms with Gasteiger partial charge in [-0.2, -0.15) is 0 Å². The SMILES string of the molecule is Cl.NCCOc1ccc(CC2CCN(C3CCCCC3)C2=O)c(Cl)c1. The Morgan fingerprint density at radius 3 is 2.64 bits per heavy atom. The van der Waals surface area contributed by atoms with Gasteiger partial charge < -0.3 is 15.4 Å². The second-order valence-corrected chi connectivity index (χ2v) is 7.31. The first-order chi connectivity index (χ1) is 11.7. The maximum absolute atomic E-state index is 12.8. The second kappa shape index (κ2) is 9.65. The normalized spacial score (nSPS) is 21.3. The first kappa shape index (κ1) is 20.3. The predicted octanol–water partition coefficient (Wildman–Crippen LogP) is 3.82. The molecular formula is C19H28Cl2N2O2. The van der Waals surface area contributed by atoms with E-state index >= 15 is 0 Å². The van der Waals surface area contributed by atoms with Crippen LogP contribution in [0.25, 0.3) is 0 Å². The summed E-state index contributed by atoms with van der Waals surface area (Å²) in [5.41, 5.74) is 6.47. The molecule has 1 amide bonds. The van der Waals surface area contributed by atoms with Crippen LogP contribution < -0.4 is 10.5 Å². The summed E-state index contributed by atoms with van der Waals surface area (Å²) in [5, 5.41) is 0.674. The number of halogens is 2. The van der Waals surface area contributed by atoms with Crippen molar-refractivity contribution in [3.8, 4) is 5.75 Å². The Hall–Kier alpha value is -0.970. The van der Waals surface area contributed by atoms with E-state index in [0.29, 0.717) is 30.1 Å². The molecule has 1 unspecified atom stereocenters. The lowest BCUT2D eigenvalue weighted by molar-refractivity contribution is -0.133. The van der Waals surface area contributed by atoms with Gasteiger partial charge >= 0.3 is 0 Å². The summed E-state index contributed by atoms with van der Waals surface area (Å²) >= 11 is 6.38. The third-order valence-electron chi connectivity index (χ3n) is 5.24. The molecule has 1 aromatic carbocycles. The largest absolute Gasteiger partial charge is 0.492 e. The van der Waals surface area contributed by atoms with Crippen LogP contribution in [0.4, 0.5) is 0 Å². The molecule has 6 heteroatoms. The Balaban J connectivity index is 0.00000225. The first-order valence-electron chi connectivity index (χ1n) is 9.11. The fraction of sp³-hybridized carbons (Fsp3) is 0.632. The lowest BCUT2D eigenvalue weighted by Crippen LogP contribution is -2.39. The monoisotopic (exact) mass is 386 g/mol. The number of nitrogens with zero attached hydrogens (tertiary/aromatic N) is 1. The minimum atomic E-state index is 0. The number of benzene rings is 1. The summed E-state index contributed by atoms with van der Waals surface area (Å²) in [6.07, 6.45) is 7.84. The van der Waals surface area contributed by atoms with E-state index < -0.39 is 0 Å². The molecule has 1 saturated heterocycles. The number of rotatable bonds is 6. The van der Waals surface area contributed by atoms with Crippen molar-refractivity contribution >= 4 is 29.9 Å². The van der Waals surface area contributed by atoms with Gasteiger partial charge in [0.2, 0.25) is 5.91 Å². The summed E-state index contributed by atoms with van der Waals surface area (Å²) in [4.78, 5) is 14.9. The molecule has 0 spiro atoms. The zero-order valence-corrected chi connectivity index (χ0v) is 16.2. The number of nitrogens with two attached hydrogens (primary N) is 1. The van der Waals surface area contributed by atoms with Gasteiger partial charge in [0.1, 0.15) is 12.4 Å². The molecule has 2 N–H and O–H groups in total. The average molecular weight is 387 g/mol. The van der Waals surface area contributed by atoms with E-state index in [1.54, 1.807) is 0 Å². The molecule has 1 saturated carbocycles. The summed E-state index contributed by atoms with van der Waals surface area (Å²) in [6.45, 7) is 1.86. The van der Waals surface area contributed by atoms with E-state index in [4.69, 9.17) is 22.1 Å². The number of carbonyl (C=O) groups excluding carboxylic acids is 1. The van der Waals surface area contributed by atoms with Crippen LogP contribution in [-0.2, 0) is 11.2 Å². The van der Waals surface area contributed by atoms with Crippen LogP contribution >= 0.6 is 24.0 Å². The maximum atomic E-state index is 12.8. The highest BCUT2D eigenvalue weighted by molar-refractivity contribution is 6.31. The van der Waals surface area contributed by atoms with Crippen molar-refractivity contribution in [2.45, 2.75) is 51.0 Å². The van der Waals surface area contributed by atoms with E-state index in [1.807, 2.05) is 18.2 Å². The molecule has 4 nitrogen and oxygen atoms in total. The molecule has 0 bridgehead atoms. The van der Waals surface area contributed by atoms with Crippen LogP contribution in [0.15, 0.2) is 18.2 Å². The second-order valence-electron chi connectivity index (χ2n) is 6.90. The Kier molecular flexibility index (Phi) is 7.85. The first-order valence-corrected chi connectivity index (χ1v) is 9.48. The summed E-state index contributed by atoms with van der Waals surface area (Å²) < 4.78 is 5.49. The van der Waals surface area contributed by atoms with Crippen LogP contribution in [0.3, 0.4) is 0 Å². The van der Waals surface area contributed by atoms with Crippen LogP contribution in [0.1, 0.15) is 44.1 Å². The Bertz CT molecular complexity index is 577. The molecule has 1 atom stereocenters.